The van der Waals surface area contributed by atoms with Crippen molar-refractivity contribution in [1.29, 1.82) is 0 Å². The fraction of sp³-hybridized carbons (Fsp3) is 0.286. The molecule has 0 radical (unpaired) electrons. The van der Waals surface area contributed by atoms with E-state index in [2.05, 4.69) is 4.98 Å². The number of benzene rings is 1. The van der Waals surface area contributed by atoms with Gasteiger partial charge in [-0.25, -0.2) is 4.98 Å². The lowest BCUT2D eigenvalue weighted by molar-refractivity contribution is -0.136. The quantitative estimate of drug-likeness (QED) is 0.813. The van der Waals surface area contributed by atoms with Crippen molar-refractivity contribution in [3.05, 3.63) is 29.7 Å². The standard InChI is InChI=1S/C14H16N2O4/c1-3-19-11-5-4-9(6-10(11)15)14-16-8(2)12(20-14)7-13(17)18/h4-6H,3,7,15H2,1-2H3,(H,17,18). The maximum absolute atomic E-state index is 10.7. The number of hydrogen-bond donors (Lipinski definition) is 2. The van der Waals surface area contributed by atoms with Crippen molar-refractivity contribution < 1.29 is 19.1 Å². The van der Waals surface area contributed by atoms with Crippen molar-refractivity contribution >= 4 is 11.7 Å². The van der Waals surface area contributed by atoms with Gasteiger partial charge >= 0.3 is 5.97 Å². The molecule has 0 aliphatic carbocycles. The number of aryl methyl sites for hydroxylation is 1. The van der Waals surface area contributed by atoms with E-state index < -0.39 is 5.97 Å². The molecule has 0 spiro atoms. The summed E-state index contributed by atoms with van der Waals surface area (Å²) in [5.74, 6) is 0.348. The van der Waals surface area contributed by atoms with Crippen LogP contribution in [0.15, 0.2) is 22.6 Å². The van der Waals surface area contributed by atoms with Crippen LogP contribution in [-0.4, -0.2) is 22.7 Å². The van der Waals surface area contributed by atoms with Gasteiger partial charge < -0.3 is 20.0 Å². The molecule has 0 saturated heterocycles. The molecule has 1 aromatic heterocycles. The molecular weight excluding hydrogens is 260 g/mol. The minimum absolute atomic E-state index is 0.189. The SMILES string of the molecule is CCOc1ccc(-c2nc(C)c(CC(=O)O)o2)cc1N. The van der Waals surface area contributed by atoms with Gasteiger partial charge in [-0.15, -0.1) is 0 Å². The highest BCUT2D eigenvalue weighted by molar-refractivity contribution is 5.70. The van der Waals surface area contributed by atoms with Gasteiger partial charge in [-0.1, -0.05) is 0 Å². The van der Waals surface area contributed by atoms with E-state index in [4.69, 9.17) is 20.0 Å². The number of aliphatic carboxylic acids is 1. The van der Waals surface area contributed by atoms with E-state index in [0.717, 1.165) is 0 Å². The minimum Gasteiger partial charge on any atom is -0.492 e. The number of rotatable bonds is 5. The molecule has 3 N–H and O–H groups in total. The van der Waals surface area contributed by atoms with Crippen LogP contribution in [0.5, 0.6) is 5.75 Å². The summed E-state index contributed by atoms with van der Waals surface area (Å²) in [6.07, 6.45) is -0.189. The van der Waals surface area contributed by atoms with Crippen LogP contribution < -0.4 is 10.5 Å². The Labute approximate surface area is 116 Å². The first-order chi connectivity index (χ1) is 9.51. The first kappa shape index (κ1) is 13.9. The van der Waals surface area contributed by atoms with Gasteiger partial charge in [-0.3, -0.25) is 4.79 Å². The summed E-state index contributed by atoms with van der Waals surface area (Å²) in [6, 6.07) is 5.21. The number of anilines is 1. The van der Waals surface area contributed by atoms with Crippen molar-refractivity contribution in [3.8, 4) is 17.2 Å². The molecule has 0 aliphatic heterocycles. The Bertz CT molecular complexity index is 634. The average Bonchev–Trinajstić information content (AvgIpc) is 2.73. The van der Waals surface area contributed by atoms with Crippen LogP contribution in [-0.2, 0) is 11.2 Å². The van der Waals surface area contributed by atoms with Crippen LogP contribution >= 0.6 is 0 Å². The molecule has 6 heteroatoms. The molecular formula is C14H16N2O4. The zero-order valence-electron chi connectivity index (χ0n) is 11.3. The number of ether oxygens (including phenoxy) is 1. The van der Waals surface area contributed by atoms with Gasteiger partial charge in [0.15, 0.2) is 0 Å². The lowest BCUT2D eigenvalue weighted by Gasteiger charge is -2.07. The van der Waals surface area contributed by atoms with E-state index >= 15 is 0 Å². The summed E-state index contributed by atoms with van der Waals surface area (Å²) in [5.41, 5.74) is 7.62. The lowest BCUT2D eigenvalue weighted by atomic mass is 10.2. The highest BCUT2D eigenvalue weighted by atomic mass is 16.5. The number of nitrogens with two attached hydrogens (primary N) is 1. The molecule has 0 unspecified atom stereocenters. The van der Waals surface area contributed by atoms with Gasteiger partial charge in [-0.05, 0) is 32.0 Å². The summed E-state index contributed by atoms with van der Waals surface area (Å²) in [5, 5.41) is 8.79. The van der Waals surface area contributed by atoms with Gasteiger partial charge in [0.25, 0.3) is 0 Å². The maximum Gasteiger partial charge on any atom is 0.311 e. The molecule has 0 saturated carbocycles. The average molecular weight is 276 g/mol. The van der Waals surface area contributed by atoms with E-state index in [1.807, 2.05) is 6.92 Å². The molecule has 2 rings (SSSR count). The number of hydrogen-bond acceptors (Lipinski definition) is 5. The van der Waals surface area contributed by atoms with Crippen molar-refractivity contribution in [1.82, 2.24) is 4.98 Å². The molecule has 0 atom stereocenters. The third kappa shape index (κ3) is 2.90. The molecule has 6 nitrogen and oxygen atoms in total. The second-order valence-electron chi connectivity index (χ2n) is 4.28. The van der Waals surface area contributed by atoms with E-state index in [1.54, 1.807) is 25.1 Å². The Morgan fingerprint density at radius 2 is 2.25 bits per heavy atom. The van der Waals surface area contributed by atoms with E-state index in [9.17, 15) is 4.79 Å². The van der Waals surface area contributed by atoms with Crippen molar-refractivity contribution in [2.75, 3.05) is 12.3 Å². The predicted molar refractivity (Wildman–Crippen MR) is 73.6 cm³/mol. The van der Waals surface area contributed by atoms with Crippen LogP contribution in [0, 0.1) is 6.92 Å². The van der Waals surface area contributed by atoms with Gasteiger partial charge in [0.1, 0.15) is 17.9 Å². The normalized spacial score (nSPS) is 10.5. The number of aromatic nitrogens is 1. The van der Waals surface area contributed by atoms with Crippen LogP contribution in [0.4, 0.5) is 5.69 Å². The molecule has 1 aromatic carbocycles. The molecule has 106 valence electrons. The topological polar surface area (TPSA) is 98.6 Å². The number of oxazole rings is 1. The fourth-order valence-corrected chi connectivity index (χ4v) is 1.82. The second-order valence-corrected chi connectivity index (χ2v) is 4.28. The van der Waals surface area contributed by atoms with E-state index in [1.165, 1.54) is 0 Å². The molecule has 0 aliphatic rings. The first-order valence-electron chi connectivity index (χ1n) is 6.22. The Balaban J connectivity index is 2.32. The van der Waals surface area contributed by atoms with Gasteiger partial charge in [0, 0.05) is 5.56 Å². The summed E-state index contributed by atoms with van der Waals surface area (Å²) in [6.45, 7) is 4.12. The predicted octanol–water partition coefficient (Wildman–Crippen LogP) is 2.26. The second kappa shape index (κ2) is 5.64. The zero-order valence-corrected chi connectivity index (χ0v) is 11.3. The Morgan fingerprint density at radius 3 is 2.85 bits per heavy atom. The van der Waals surface area contributed by atoms with Crippen molar-refractivity contribution in [2.45, 2.75) is 20.3 Å². The van der Waals surface area contributed by atoms with Crippen molar-refractivity contribution in [2.24, 2.45) is 0 Å². The Hall–Kier alpha value is -2.50. The van der Waals surface area contributed by atoms with Crippen molar-refractivity contribution in [3.63, 3.8) is 0 Å². The summed E-state index contributed by atoms with van der Waals surface area (Å²) >= 11 is 0. The molecule has 1 heterocycles. The number of carboxylic acid groups (broad SMARTS) is 1. The fourth-order valence-electron chi connectivity index (χ4n) is 1.82. The summed E-state index contributed by atoms with van der Waals surface area (Å²) in [4.78, 5) is 14.9. The monoisotopic (exact) mass is 276 g/mol. The first-order valence-corrected chi connectivity index (χ1v) is 6.22. The summed E-state index contributed by atoms with van der Waals surface area (Å²) in [7, 11) is 0. The maximum atomic E-state index is 10.7. The molecule has 2 aromatic rings. The molecule has 0 amide bonds. The van der Waals surface area contributed by atoms with Crippen LogP contribution in [0.3, 0.4) is 0 Å². The third-order valence-electron chi connectivity index (χ3n) is 2.76. The molecule has 0 bridgehead atoms. The van der Waals surface area contributed by atoms with Crippen LogP contribution in [0.1, 0.15) is 18.4 Å². The number of carbonyl (C=O) groups is 1. The lowest BCUT2D eigenvalue weighted by Crippen LogP contribution is -1.99. The third-order valence-corrected chi connectivity index (χ3v) is 2.76. The van der Waals surface area contributed by atoms with Crippen LogP contribution in [0.25, 0.3) is 11.5 Å². The minimum atomic E-state index is -0.956. The van der Waals surface area contributed by atoms with Gasteiger partial charge in [-0.2, -0.15) is 0 Å². The zero-order chi connectivity index (χ0) is 14.7. The molecule has 0 fully saturated rings. The highest BCUT2D eigenvalue weighted by Crippen LogP contribution is 2.29. The number of nitrogens with zero attached hydrogens (tertiary/aromatic N) is 1. The van der Waals surface area contributed by atoms with Gasteiger partial charge in [0.05, 0.1) is 18.0 Å². The van der Waals surface area contributed by atoms with E-state index in [0.29, 0.717) is 41.0 Å². The highest BCUT2D eigenvalue weighted by Gasteiger charge is 2.15. The van der Waals surface area contributed by atoms with Crippen LogP contribution in [0.2, 0.25) is 0 Å². The number of nitrogen functional groups attached to an aromatic ring is 1. The summed E-state index contributed by atoms with van der Waals surface area (Å²) < 4.78 is 10.8. The molecule has 20 heavy (non-hydrogen) atoms. The smallest absolute Gasteiger partial charge is 0.311 e. The van der Waals surface area contributed by atoms with Gasteiger partial charge in [0.2, 0.25) is 5.89 Å². The Morgan fingerprint density at radius 1 is 1.50 bits per heavy atom. The largest absolute Gasteiger partial charge is 0.492 e. The number of carboxylic acids is 1. The Kier molecular flexibility index (Phi) is 3.93. The van der Waals surface area contributed by atoms with E-state index in [-0.39, 0.29) is 6.42 Å².